The molecule has 1 heterocycles. The third-order valence-electron chi connectivity index (χ3n) is 5.05. The third kappa shape index (κ3) is 3.12. The first kappa shape index (κ1) is 15.3. The minimum absolute atomic E-state index is 0.147. The van der Waals surface area contributed by atoms with Crippen molar-refractivity contribution in [3.63, 3.8) is 0 Å². The van der Waals surface area contributed by atoms with E-state index in [1.165, 1.54) is 11.1 Å². The van der Waals surface area contributed by atoms with Crippen molar-refractivity contribution < 1.29 is 14.6 Å². The van der Waals surface area contributed by atoms with Gasteiger partial charge in [0.25, 0.3) is 0 Å². The molecule has 1 unspecified atom stereocenters. The van der Waals surface area contributed by atoms with Crippen molar-refractivity contribution in [3.05, 3.63) is 29.3 Å². The molecule has 3 rings (SSSR count). The molecule has 4 heteroatoms. The maximum atomic E-state index is 11.0. The molecule has 4 nitrogen and oxygen atoms in total. The zero-order valence-electron chi connectivity index (χ0n) is 13.2. The Morgan fingerprint density at radius 1 is 1.27 bits per heavy atom. The van der Waals surface area contributed by atoms with Gasteiger partial charge in [-0.3, -0.25) is 4.79 Å². The summed E-state index contributed by atoms with van der Waals surface area (Å²) in [5, 5.41) is 12.8. The van der Waals surface area contributed by atoms with Gasteiger partial charge in [-0.05, 0) is 37.7 Å². The average Bonchev–Trinajstić information content (AvgIpc) is 2.55. The number of ether oxygens (including phenoxy) is 1. The summed E-state index contributed by atoms with van der Waals surface area (Å²) in [6.07, 6.45) is 5.46. The van der Waals surface area contributed by atoms with Crippen molar-refractivity contribution in [2.45, 2.75) is 57.5 Å². The van der Waals surface area contributed by atoms with Gasteiger partial charge in [0.05, 0.1) is 12.5 Å². The molecule has 0 bridgehead atoms. The van der Waals surface area contributed by atoms with Crippen LogP contribution in [-0.4, -0.2) is 23.7 Å². The smallest absolute Gasteiger partial charge is 0.306 e. The van der Waals surface area contributed by atoms with Crippen LogP contribution >= 0.6 is 0 Å². The Hall–Kier alpha value is -1.55. The Kier molecular flexibility index (Phi) is 4.67. The van der Waals surface area contributed by atoms with E-state index in [2.05, 4.69) is 30.4 Å². The van der Waals surface area contributed by atoms with Crippen LogP contribution in [-0.2, 0) is 11.2 Å². The van der Waals surface area contributed by atoms with E-state index < -0.39 is 5.97 Å². The summed E-state index contributed by atoms with van der Waals surface area (Å²) in [5.41, 5.74) is 2.55. The molecule has 0 spiro atoms. The van der Waals surface area contributed by atoms with E-state index in [0.29, 0.717) is 12.1 Å². The standard InChI is InChI=1S/C18H25NO3/c1-2-12-4-3-5-15-16(10-11-22-17(12)15)19-14-8-6-13(7-9-14)18(20)21/h3-5,13-14,16,19H,2,6-11H2,1H3,(H,20,21). The molecule has 1 aromatic rings. The maximum Gasteiger partial charge on any atom is 0.306 e. The van der Waals surface area contributed by atoms with E-state index in [0.717, 1.165) is 50.9 Å². The largest absolute Gasteiger partial charge is 0.493 e. The van der Waals surface area contributed by atoms with Crippen molar-refractivity contribution >= 4 is 5.97 Å². The molecule has 1 saturated carbocycles. The number of nitrogens with one attached hydrogen (secondary N) is 1. The molecule has 2 N–H and O–H groups in total. The second-order valence-electron chi connectivity index (χ2n) is 6.43. The molecular weight excluding hydrogens is 278 g/mol. The molecule has 22 heavy (non-hydrogen) atoms. The predicted octanol–water partition coefficient (Wildman–Crippen LogP) is 3.31. The number of carbonyl (C=O) groups is 1. The lowest BCUT2D eigenvalue weighted by Crippen LogP contribution is -2.39. The number of carboxylic acids is 1. The van der Waals surface area contributed by atoms with E-state index in [4.69, 9.17) is 9.84 Å². The maximum absolute atomic E-state index is 11.0. The van der Waals surface area contributed by atoms with E-state index in [9.17, 15) is 4.79 Å². The van der Waals surface area contributed by atoms with Crippen LogP contribution in [0.3, 0.4) is 0 Å². The van der Waals surface area contributed by atoms with Crippen LogP contribution in [0.5, 0.6) is 5.75 Å². The van der Waals surface area contributed by atoms with Gasteiger partial charge in [-0.15, -0.1) is 0 Å². The van der Waals surface area contributed by atoms with Gasteiger partial charge in [0.15, 0.2) is 0 Å². The van der Waals surface area contributed by atoms with E-state index in [1.54, 1.807) is 0 Å². The second kappa shape index (κ2) is 6.69. The highest BCUT2D eigenvalue weighted by Gasteiger charge is 2.29. The fourth-order valence-corrected chi connectivity index (χ4v) is 3.73. The van der Waals surface area contributed by atoms with E-state index in [1.807, 2.05) is 0 Å². The first-order chi connectivity index (χ1) is 10.7. The fourth-order valence-electron chi connectivity index (χ4n) is 3.73. The summed E-state index contributed by atoms with van der Waals surface area (Å²) in [6.45, 7) is 2.91. The summed E-state index contributed by atoms with van der Waals surface area (Å²) >= 11 is 0. The summed E-state index contributed by atoms with van der Waals surface area (Å²) in [5.74, 6) is 0.280. The Labute approximate surface area is 131 Å². The first-order valence-corrected chi connectivity index (χ1v) is 8.42. The number of aliphatic carboxylic acids is 1. The van der Waals surface area contributed by atoms with Crippen LogP contribution in [0, 0.1) is 5.92 Å². The Morgan fingerprint density at radius 2 is 2.05 bits per heavy atom. The van der Waals surface area contributed by atoms with Crippen LogP contribution in [0.4, 0.5) is 0 Å². The zero-order chi connectivity index (χ0) is 15.5. The molecule has 0 radical (unpaired) electrons. The molecule has 0 aromatic heterocycles. The SMILES string of the molecule is CCc1cccc2c1OCCC2NC1CCC(C(=O)O)CC1. The fraction of sp³-hybridized carbons (Fsp3) is 0.611. The predicted molar refractivity (Wildman–Crippen MR) is 85.2 cm³/mol. The third-order valence-corrected chi connectivity index (χ3v) is 5.05. The molecule has 1 aromatic carbocycles. The second-order valence-corrected chi connectivity index (χ2v) is 6.43. The van der Waals surface area contributed by atoms with Gasteiger partial charge in [-0.2, -0.15) is 0 Å². The van der Waals surface area contributed by atoms with Crippen LogP contribution in [0.2, 0.25) is 0 Å². The Balaban J connectivity index is 1.67. The summed E-state index contributed by atoms with van der Waals surface area (Å²) in [6, 6.07) is 7.17. The topological polar surface area (TPSA) is 58.6 Å². The van der Waals surface area contributed by atoms with Crippen molar-refractivity contribution in [2.24, 2.45) is 5.92 Å². The molecule has 1 aliphatic heterocycles. The van der Waals surface area contributed by atoms with Gasteiger partial charge in [-0.25, -0.2) is 0 Å². The summed E-state index contributed by atoms with van der Waals surface area (Å²) < 4.78 is 5.90. The van der Waals surface area contributed by atoms with Crippen molar-refractivity contribution in [3.8, 4) is 5.75 Å². The Morgan fingerprint density at radius 3 is 2.73 bits per heavy atom. The molecule has 0 amide bonds. The van der Waals surface area contributed by atoms with Crippen molar-refractivity contribution in [2.75, 3.05) is 6.61 Å². The number of para-hydroxylation sites is 1. The van der Waals surface area contributed by atoms with Crippen LogP contribution in [0.1, 0.15) is 56.2 Å². The monoisotopic (exact) mass is 303 g/mol. The van der Waals surface area contributed by atoms with Gasteiger partial charge in [0.1, 0.15) is 5.75 Å². The Bertz CT molecular complexity index is 535. The molecular formula is C18H25NO3. The van der Waals surface area contributed by atoms with E-state index in [-0.39, 0.29) is 5.92 Å². The van der Waals surface area contributed by atoms with Gasteiger partial charge >= 0.3 is 5.97 Å². The lowest BCUT2D eigenvalue weighted by Gasteiger charge is -2.34. The van der Waals surface area contributed by atoms with Crippen molar-refractivity contribution in [1.82, 2.24) is 5.32 Å². The van der Waals surface area contributed by atoms with Gasteiger partial charge in [0, 0.05) is 24.1 Å². The molecule has 1 fully saturated rings. The lowest BCUT2D eigenvalue weighted by atomic mass is 9.85. The highest BCUT2D eigenvalue weighted by Crippen LogP contribution is 2.36. The minimum Gasteiger partial charge on any atom is -0.493 e. The lowest BCUT2D eigenvalue weighted by molar-refractivity contribution is -0.142. The van der Waals surface area contributed by atoms with Crippen LogP contribution in [0.15, 0.2) is 18.2 Å². The summed E-state index contributed by atoms with van der Waals surface area (Å²) in [4.78, 5) is 11.0. The quantitative estimate of drug-likeness (QED) is 0.896. The van der Waals surface area contributed by atoms with Gasteiger partial charge < -0.3 is 15.2 Å². The van der Waals surface area contributed by atoms with Gasteiger partial charge in [0.2, 0.25) is 0 Å². The number of aryl methyl sites for hydroxylation is 1. The number of hydrogen-bond acceptors (Lipinski definition) is 3. The molecule has 120 valence electrons. The van der Waals surface area contributed by atoms with Gasteiger partial charge in [-0.1, -0.05) is 25.1 Å². The minimum atomic E-state index is -0.637. The zero-order valence-corrected chi connectivity index (χ0v) is 13.2. The molecule has 0 saturated heterocycles. The number of carboxylic acid groups (broad SMARTS) is 1. The van der Waals surface area contributed by atoms with Crippen molar-refractivity contribution in [1.29, 1.82) is 0 Å². The van der Waals surface area contributed by atoms with E-state index >= 15 is 0 Å². The average molecular weight is 303 g/mol. The van der Waals surface area contributed by atoms with Crippen LogP contribution in [0.25, 0.3) is 0 Å². The number of fused-ring (bicyclic) bond motifs is 1. The molecule has 1 atom stereocenters. The van der Waals surface area contributed by atoms with Crippen LogP contribution < -0.4 is 10.1 Å². The summed E-state index contributed by atoms with van der Waals surface area (Å²) in [7, 11) is 0. The number of hydrogen-bond donors (Lipinski definition) is 2. The normalized spacial score (nSPS) is 27.8. The highest BCUT2D eigenvalue weighted by molar-refractivity contribution is 5.70. The first-order valence-electron chi connectivity index (χ1n) is 8.42. The number of rotatable bonds is 4. The molecule has 2 aliphatic rings. The molecule has 1 aliphatic carbocycles. The highest BCUT2D eigenvalue weighted by atomic mass is 16.5. The number of benzene rings is 1.